The molecule has 1 spiro atoms. The molecule has 2 saturated heterocycles. The van der Waals surface area contributed by atoms with E-state index in [0.717, 1.165) is 35.4 Å². The Balaban J connectivity index is 1.76. The first kappa shape index (κ1) is 13.9. The largest absolute Gasteiger partial charge is 0.374 e. The molecule has 0 aromatic carbocycles. The Hall–Kier alpha value is -0.100. The minimum atomic E-state index is 0.00181. The van der Waals surface area contributed by atoms with Gasteiger partial charge in [0.1, 0.15) is 0 Å². The molecule has 1 aromatic heterocycles. The highest BCUT2D eigenvalue weighted by Gasteiger charge is 2.42. The van der Waals surface area contributed by atoms with E-state index in [0.29, 0.717) is 5.92 Å². The van der Waals surface area contributed by atoms with Gasteiger partial charge < -0.3 is 10.5 Å². The van der Waals surface area contributed by atoms with Gasteiger partial charge in [-0.15, -0.1) is 0 Å². The van der Waals surface area contributed by atoms with Gasteiger partial charge in [-0.25, -0.2) is 0 Å². The Morgan fingerprint density at radius 1 is 1.58 bits per heavy atom. The smallest absolute Gasteiger partial charge is 0.0783 e. The zero-order chi connectivity index (χ0) is 13.3. The molecule has 1 aromatic rings. The van der Waals surface area contributed by atoms with Crippen molar-refractivity contribution in [3.8, 4) is 0 Å². The molecule has 3 unspecified atom stereocenters. The van der Waals surface area contributed by atoms with Crippen LogP contribution in [0.25, 0.3) is 0 Å². The number of pyridine rings is 1. The normalized spacial score (nSPS) is 32.6. The van der Waals surface area contributed by atoms with E-state index < -0.39 is 0 Å². The first-order valence-electron chi connectivity index (χ1n) is 6.78. The number of halogens is 1. The maximum atomic E-state index is 6.47. The molecule has 0 bridgehead atoms. The molecular weight excluding hydrogens is 324 g/mol. The van der Waals surface area contributed by atoms with Crippen LogP contribution in [-0.4, -0.2) is 28.7 Å². The van der Waals surface area contributed by atoms with Crippen LogP contribution in [0.2, 0.25) is 0 Å². The van der Waals surface area contributed by atoms with Crippen LogP contribution in [0.1, 0.15) is 31.0 Å². The third-order valence-electron chi connectivity index (χ3n) is 4.21. The Bertz CT molecular complexity index is 451. The minimum Gasteiger partial charge on any atom is -0.374 e. The van der Waals surface area contributed by atoms with Crippen LogP contribution in [0.5, 0.6) is 0 Å². The van der Waals surface area contributed by atoms with E-state index in [1.54, 1.807) is 0 Å². The molecule has 2 aliphatic heterocycles. The SMILES string of the molecule is NC(c1ncccc1Br)C1CCOC2(CCSC2)C1. The maximum absolute atomic E-state index is 6.47. The summed E-state index contributed by atoms with van der Waals surface area (Å²) in [5.41, 5.74) is 7.54. The lowest BCUT2D eigenvalue weighted by atomic mass is 9.80. The summed E-state index contributed by atoms with van der Waals surface area (Å²) >= 11 is 5.56. The average molecular weight is 343 g/mol. The molecule has 104 valence electrons. The maximum Gasteiger partial charge on any atom is 0.0783 e. The van der Waals surface area contributed by atoms with E-state index in [4.69, 9.17) is 10.5 Å². The van der Waals surface area contributed by atoms with Gasteiger partial charge in [0.15, 0.2) is 0 Å². The van der Waals surface area contributed by atoms with Crippen molar-refractivity contribution in [2.45, 2.75) is 30.9 Å². The first-order chi connectivity index (χ1) is 9.20. The summed E-state index contributed by atoms with van der Waals surface area (Å²) in [6.45, 7) is 0.837. The molecule has 3 rings (SSSR count). The number of ether oxygens (including phenoxy) is 1. The van der Waals surface area contributed by atoms with Crippen LogP contribution < -0.4 is 5.73 Å². The van der Waals surface area contributed by atoms with E-state index in [1.165, 1.54) is 12.2 Å². The molecule has 3 heterocycles. The van der Waals surface area contributed by atoms with Crippen molar-refractivity contribution in [2.75, 3.05) is 18.1 Å². The molecule has 3 nitrogen and oxygen atoms in total. The Kier molecular flexibility index (Phi) is 4.17. The van der Waals surface area contributed by atoms with E-state index in [9.17, 15) is 0 Å². The van der Waals surface area contributed by atoms with Crippen molar-refractivity contribution < 1.29 is 4.74 Å². The average Bonchev–Trinajstić information content (AvgIpc) is 2.86. The predicted octanol–water partition coefficient (Wildman–Crippen LogP) is 3.15. The molecule has 3 atom stereocenters. The van der Waals surface area contributed by atoms with Crippen molar-refractivity contribution in [2.24, 2.45) is 11.7 Å². The second-order valence-corrected chi connectivity index (χ2v) is 7.44. The van der Waals surface area contributed by atoms with Crippen LogP contribution >= 0.6 is 27.7 Å². The summed E-state index contributed by atoms with van der Waals surface area (Å²) in [6.07, 6.45) is 5.10. The van der Waals surface area contributed by atoms with Crippen molar-refractivity contribution in [3.63, 3.8) is 0 Å². The van der Waals surface area contributed by atoms with Crippen LogP contribution in [-0.2, 0) is 4.74 Å². The lowest BCUT2D eigenvalue weighted by Gasteiger charge is -2.40. The molecule has 2 N–H and O–H groups in total. The van der Waals surface area contributed by atoms with E-state index in [1.807, 2.05) is 30.1 Å². The number of hydrogen-bond acceptors (Lipinski definition) is 4. The van der Waals surface area contributed by atoms with Gasteiger partial charge >= 0.3 is 0 Å². The summed E-state index contributed by atoms with van der Waals surface area (Å²) < 4.78 is 7.08. The second kappa shape index (κ2) is 5.72. The molecule has 0 saturated carbocycles. The zero-order valence-corrected chi connectivity index (χ0v) is 13.3. The van der Waals surface area contributed by atoms with E-state index in [2.05, 4.69) is 20.9 Å². The molecule has 0 aliphatic carbocycles. The van der Waals surface area contributed by atoms with Crippen molar-refractivity contribution in [3.05, 3.63) is 28.5 Å². The fourth-order valence-corrected chi connectivity index (χ4v) is 5.00. The fraction of sp³-hybridized carbons (Fsp3) is 0.643. The molecule has 0 amide bonds. The summed E-state index contributed by atoms with van der Waals surface area (Å²) in [5, 5.41) is 0. The molecule has 2 fully saturated rings. The first-order valence-corrected chi connectivity index (χ1v) is 8.73. The number of thioether (sulfide) groups is 1. The lowest BCUT2D eigenvalue weighted by molar-refractivity contribution is -0.0836. The quantitative estimate of drug-likeness (QED) is 0.896. The summed E-state index contributed by atoms with van der Waals surface area (Å²) in [6, 6.07) is 3.95. The van der Waals surface area contributed by atoms with Gasteiger partial charge in [-0.2, -0.15) is 11.8 Å². The summed E-state index contributed by atoms with van der Waals surface area (Å²) in [5.74, 6) is 2.81. The molecule has 0 radical (unpaired) electrons. The summed E-state index contributed by atoms with van der Waals surface area (Å²) in [4.78, 5) is 4.45. The van der Waals surface area contributed by atoms with Gasteiger partial charge in [0.25, 0.3) is 0 Å². The van der Waals surface area contributed by atoms with Gasteiger partial charge in [0.05, 0.1) is 17.3 Å². The number of hydrogen-bond donors (Lipinski definition) is 1. The fourth-order valence-electron chi connectivity index (χ4n) is 3.10. The molecular formula is C14H19BrN2OS. The molecule has 2 aliphatic rings. The number of nitrogens with two attached hydrogens (primary N) is 1. The third kappa shape index (κ3) is 2.84. The van der Waals surface area contributed by atoms with Crippen molar-refractivity contribution in [1.29, 1.82) is 0 Å². The highest BCUT2D eigenvalue weighted by atomic mass is 79.9. The lowest BCUT2D eigenvalue weighted by Crippen LogP contribution is -2.43. The number of aromatic nitrogens is 1. The van der Waals surface area contributed by atoms with Crippen LogP contribution in [0, 0.1) is 5.92 Å². The van der Waals surface area contributed by atoms with Crippen LogP contribution in [0.15, 0.2) is 22.8 Å². The molecule has 19 heavy (non-hydrogen) atoms. The monoisotopic (exact) mass is 342 g/mol. The third-order valence-corrected chi connectivity index (χ3v) is 6.10. The highest BCUT2D eigenvalue weighted by molar-refractivity contribution is 9.10. The summed E-state index contributed by atoms with van der Waals surface area (Å²) in [7, 11) is 0. The zero-order valence-electron chi connectivity index (χ0n) is 10.8. The number of rotatable bonds is 2. The Labute approximate surface area is 126 Å². The van der Waals surface area contributed by atoms with Gasteiger partial charge in [0.2, 0.25) is 0 Å². The van der Waals surface area contributed by atoms with Crippen molar-refractivity contribution in [1.82, 2.24) is 4.98 Å². The Morgan fingerprint density at radius 2 is 2.47 bits per heavy atom. The molecule has 5 heteroatoms. The van der Waals surface area contributed by atoms with Gasteiger partial charge in [-0.1, -0.05) is 0 Å². The Morgan fingerprint density at radius 3 is 3.21 bits per heavy atom. The van der Waals surface area contributed by atoms with Crippen LogP contribution in [0.4, 0.5) is 0 Å². The predicted molar refractivity (Wildman–Crippen MR) is 82.2 cm³/mol. The van der Waals surface area contributed by atoms with Crippen molar-refractivity contribution >= 4 is 27.7 Å². The van der Waals surface area contributed by atoms with Gasteiger partial charge in [-0.3, -0.25) is 4.98 Å². The number of nitrogens with zero attached hydrogens (tertiary/aromatic N) is 1. The minimum absolute atomic E-state index is 0.00181. The van der Waals surface area contributed by atoms with Crippen LogP contribution in [0.3, 0.4) is 0 Å². The van der Waals surface area contributed by atoms with Gasteiger partial charge in [0, 0.05) is 23.0 Å². The van der Waals surface area contributed by atoms with Gasteiger partial charge in [-0.05, 0) is 59.0 Å². The van der Waals surface area contributed by atoms with E-state index in [-0.39, 0.29) is 11.6 Å². The second-order valence-electron chi connectivity index (χ2n) is 5.48. The topological polar surface area (TPSA) is 48.1 Å². The standard InChI is InChI=1S/C14H19BrN2OS/c15-11-2-1-5-17-13(11)12(16)10-3-6-18-14(8-10)4-7-19-9-14/h1-2,5,10,12H,3-4,6-9,16H2. The van der Waals surface area contributed by atoms with E-state index >= 15 is 0 Å². The highest BCUT2D eigenvalue weighted by Crippen LogP contribution is 2.43.